The molecule has 0 spiro atoms. The highest BCUT2D eigenvalue weighted by molar-refractivity contribution is 6.21. The lowest BCUT2D eigenvalue weighted by molar-refractivity contribution is 0.0628. The number of rotatable bonds is 2. The van der Waals surface area contributed by atoms with Crippen molar-refractivity contribution < 1.29 is 9.59 Å². The SMILES string of the molecule is CC1CCCC(CN2C(=O)c3ccccc3C2=O)N1. The standard InChI is InChI=1S/C15H18N2O2/c1-10-5-4-6-11(16-10)9-17-14(18)12-7-2-3-8-13(12)15(17)19/h2-3,7-8,10-11,16H,4-6,9H2,1H3. The van der Waals surface area contributed by atoms with E-state index >= 15 is 0 Å². The van der Waals surface area contributed by atoms with Crippen LogP contribution in [-0.2, 0) is 0 Å². The van der Waals surface area contributed by atoms with Crippen LogP contribution in [-0.4, -0.2) is 35.3 Å². The van der Waals surface area contributed by atoms with Crippen molar-refractivity contribution in [2.75, 3.05) is 6.54 Å². The van der Waals surface area contributed by atoms with Crippen LogP contribution in [0.1, 0.15) is 46.9 Å². The summed E-state index contributed by atoms with van der Waals surface area (Å²) in [7, 11) is 0. The lowest BCUT2D eigenvalue weighted by atomic mass is 9.99. The van der Waals surface area contributed by atoms with Crippen LogP contribution in [0.5, 0.6) is 0 Å². The van der Waals surface area contributed by atoms with Gasteiger partial charge in [-0.1, -0.05) is 18.6 Å². The van der Waals surface area contributed by atoms with E-state index in [0.717, 1.165) is 12.8 Å². The predicted molar refractivity (Wildman–Crippen MR) is 72.0 cm³/mol. The highest BCUT2D eigenvalue weighted by Crippen LogP contribution is 2.24. The number of nitrogens with zero attached hydrogens (tertiary/aromatic N) is 1. The average Bonchev–Trinajstić information content (AvgIpc) is 2.65. The molecule has 2 aliphatic rings. The van der Waals surface area contributed by atoms with Gasteiger partial charge >= 0.3 is 0 Å². The number of carbonyl (C=O) groups excluding carboxylic acids is 2. The maximum Gasteiger partial charge on any atom is 0.261 e. The van der Waals surface area contributed by atoms with Crippen LogP contribution in [0.3, 0.4) is 0 Å². The summed E-state index contributed by atoms with van der Waals surface area (Å²) >= 11 is 0. The Balaban J connectivity index is 1.77. The van der Waals surface area contributed by atoms with Crippen LogP contribution in [0, 0.1) is 0 Å². The quantitative estimate of drug-likeness (QED) is 0.823. The number of carbonyl (C=O) groups is 2. The van der Waals surface area contributed by atoms with E-state index < -0.39 is 0 Å². The van der Waals surface area contributed by atoms with Crippen LogP contribution in [0.2, 0.25) is 0 Å². The van der Waals surface area contributed by atoms with Gasteiger partial charge in [0.05, 0.1) is 11.1 Å². The van der Waals surface area contributed by atoms with Gasteiger partial charge in [-0.2, -0.15) is 0 Å². The molecule has 2 aliphatic heterocycles. The molecule has 0 bridgehead atoms. The zero-order valence-electron chi connectivity index (χ0n) is 11.1. The van der Waals surface area contributed by atoms with Crippen molar-refractivity contribution in [2.45, 2.75) is 38.3 Å². The Kier molecular flexibility index (Phi) is 3.11. The van der Waals surface area contributed by atoms with Gasteiger partial charge in [-0.15, -0.1) is 0 Å². The molecular formula is C15H18N2O2. The van der Waals surface area contributed by atoms with Gasteiger partial charge in [0.15, 0.2) is 0 Å². The highest BCUT2D eigenvalue weighted by Gasteiger charge is 2.36. The zero-order chi connectivity index (χ0) is 13.4. The van der Waals surface area contributed by atoms with Crippen molar-refractivity contribution in [2.24, 2.45) is 0 Å². The molecular weight excluding hydrogens is 240 g/mol. The van der Waals surface area contributed by atoms with Gasteiger partial charge in [0.25, 0.3) is 11.8 Å². The van der Waals surface area contributed by atoms with Gasteiger partial charge in [-0.3, -0.25) is 14.5 Å². The highest BCUT2D eigenvalue weighted by atomic mass is 16.2. The molecule has 1 aromatic carbocycles. The first-order chi connectivity index (χ1) is 9.16. The summed E-state index contributed by atoms with van der Waals surface area (Å²) in [5.41, 5.74) is 1.08. The Labute approximate surface area is 112 Å². The molecule has 2 atom stereocenters. The molecule has 2 amide bonds. The molecule has 0 aliphatic carbocycles. The first-order valence-corrected chi connectivity index (χ1v) is 6.88. The number of imide groups is 1. The monoisotopic (exact) mass is 258 g/mol. The summed E-state index contributed by atoms with van der Waals surface area (Å²) in [6.45, 7) is 2.63. The maximum atomic E-state index is 12.2. The lowest BCUT2D eigenvalue weighted by Crippen LogP contribution is -2.48. The second-order valence-corrected chi connectivity index (χ2v) is 5.46. The van der Waals surface area contributed by atoms with E-state index in [1.807, 2.05) is 0 Å². The van der Waals surface area contributed by atoms with E-state index in [9.17, 15) is 9.59 Å². The first kappa shape index (κ1) is 12.4. The number of benzene rings is 1. The second kappa shape index (κ2) is 4.78. The second-order valence-electron chi connectivity index (χ2n) is 5.46. The van der Waals surface area contributed by atoms with E-state index in [2.05, 4.69) is 12.2 Å². The normalized spacial score (nSPS) is 26.7. The zero-order valence-corrected chi connectivity index (χ0v) is 11.1. The molecule has 3 rings (SSSR count). The van der Waals surface area contributed by atoms with E-state index in [4.69, 9.17) is 0 Å². The third-order valence-electron chi connectivity index (χ3n) is 3.99. The minimum absolute atomic E-state index is 0.152. The fourth-order valence-electron chi connectivity index (χ4n) is 3.01. The van der Waals surface area contributed by atoms with Crippen LogP contribution in [0.4, 0.5) is 0 Å². The lowest BCUT2D eigenvalue weighted by Gasteiger charge is -2.31. The summed E-state index contributed by atoms with van der Waals surface area (Å²) in [5.74, 6) is -0.304. The fraction of sp³-hybridized carbons (Fsp3) is 0.467. The first-order valence-electron chi connectivity index (χ1n) is 6.88. The molecule has 4 nitrogen and oxygen atoms in total. The number of hydrogen-bond donors (Lipinski definition) is 1. The Morgan fingerprint density at radius 2 is 1.79 bits per heavy atom. The summed E-state index contributed by atoms with van der Waals surface area (Å²) in [6.07, 6.45) is 3.35. The average molecular weight is 258 g/mol. The Bertz CT molecular complexity index is 492. The summed E-state index contributed by atoms with van der Waals surface area (Å²) in [5, 5.41) is 3.46. The van der Waals surface area contributed by atoms with E-state index in [0.29, 0.717) is 23.7 Å². The van der Waals surface area contributed by atoms with Crippen molar-refractivity contribution in [1.82, 2.24) is 10.2 Å². The molecule has 2 heterocycles. The number of piperidine rings is 1. The van der Waals surface area contributed by atoms with E-state index in [1.165, 1.54) is 11.3 Å². The fourth-order valence-corrected chi connectivity index (χ4v) is 3.01. The summed E-state index contributed by atoms with van der Waals surface area (Å²) < 4.78 is 0. The van der Waals surface area contributed by atoms with Gasteiger partial charge in [0.1, 0.15) is 0 Å². The number of hydrogen-bond acceptors (Lipinski definition) is 3. The van der Waals surface area contributed by atoms with E-state index in [-0.39, 0.29) is 17.9 Å². The molecule has 1 aromatic rings. The van der Waals surface area contributed by atoms with Crippen molar-refractivity contribution in [3.63, 3.8) is 0 Å². The predicted octanol–water partition coefficient (Wildman–Crippen LogP) is 1.81. The number of amides is 2. The van der Waals surface area contributed by atoms with Crippen molar-refractivity contribution in [1.29, 1.82) is 0 Å². The van der Waals surface area contributed by atoms with Gasteiger partial charge < -0.3 is 5.32 Å². The van der Waals surface area contributed by atoms with Gasteiger partial charge in [0, 0.05) is 18.6 Å². The largest absolute Gasteiger partial charge is 0.310 e. The molecule has 0 radical (unpaired) electrons. The summed E-state index contributed by atoms with van der Waals surface area (Å²) in [6, 6.07) is 7.75. The van der Waals surface area contributed by atoms with Crippen molar-refractivity contribution in [3.8, 4) is 0 Å². The minimum Gasteiger partial charge on any atom is -0.310 e. The smallest absolute Gasteiger partial charge is 0.261 e. The Hall–Kier alpha value is -1.68. The molecule has 19 heavy (non-hydrogen) atoms. The van der Waals surface area contributed by atoms with Gasteiger partial charge in [-0.25, -0.2) is 0 Å². The van der Waals surface area contributed by atoms with Crippen LogP contribution in [0.25, 0.3) is 0 Å². The van der Waals surface area contributed by atoms with Crippen LogP contribution < -0.4 is 5.32 Å². The Morgan fingerprint density at radius 3 is 2.37 bits per heavy atom. The molecule has 4 heteroatoms. The Morgan fingerprint density at radius 1 is 1.16 bits per heavy atom. The van der Waals surface area contributed by atoms with Crippen molar-refractivity contribution >= 4 is 11.8 Å². The van der Waals surface area contributed by atoms with Gasteiger partial charge in [-0.05, 0) is 31.9 Å². The number of nitrogens with one attached hydrogen (secondary N) is 1. The molecule has 0 saturated carbocycles. The molecule has 1 fully saturated rings. The molecule has 2 unspecified atom stereocenters. The molecule has 100 valence electrons. The van der Waals surface area contributed by atoms with Gasteiger partial charge in [0.2, 0.25) is 0 Å². The number of fused-ring (bicyclic) bond motifs is 1. The summed E-state index contributed by atoms with van der Waals surface area (Å²) in [4.78, 5) is 25.9. The van der Waals surface area contributed by atoms with Crippen LogP contribution in [0.15, 0.2) is 24.3 Å². The topological polar surface area (TPSA) is 49.4 Å². The third-order valence-corrected chi connectivity index (χ3v) is 3.99. The third kappa shape index (κ3) is 2.16. The molecule has 0 aromatic heterocycles. The van der Waals surface area contributed by atoms with Crippen molar-refractivity contribution in [3.05, 3.63) is 35.4 Å². The van der Waals surface area contributed by atoms with E-state index in [1.54, 1.807) is 24.3 Å². The molecule has 1 saturated heterocycles. The van der Waals surface area contributed by atoms with Crippen LogP contribution >= 0.6 is 0 Å². The molecule has 1 N–H and O–H groups in total. The maximum absolute atomic E-state index is 12.2. The minimum atomic E-state index is -0.152.